The molecule has 1 aromatic rings. The standard InChI is InChI=1S/C17H24N2O5/c1-18(2)12-8-15(17(21)22)19(10-12)16(20)7-11-5-13(23-3)9-14(6-11)24-4/h5-6,9,12,15H,7-8,10H2,1-4H3,(H,21,22)/t12-,15+/m1/s1. The molecule has 1 amide bonds. The Morgan fingerprint density at radius 2 is 1.79 bits per heavy atom. The highest BCUT2D eigenvalue weighted by atomic mass is 16.5. The van der Waals surface area contributed by atoms with Gasteiger partial charge < -0.3 is 24.4 Å². The van der Waals surface area contributed by atoms with Gasteiger partial charge >= 0.3 is 5.97 Å². The minimum absolute atomic E-state index is 0.0508. The number of carbonyl (C=O) groups is 2. The molecule has 1 aliphatic heterocycles. The lowest BCUT2D eigenvalue weighted by Crippen LogP contribution is -2.41. The molecular weight excluding hydrogens is 312 g/mol. The highest BCUT2D eigenvalue weighted by Gasteiger charge is 2.40. The second-order valence-corrected chi connectivity index (χ2v) is 6.15. The van der Waals surface area contributed by atoms with E-state index in [4.69, 9.17) is 9.47 Å². The number of nitrogens with zero attached hydrogens (tertiary/aromatic N) is 2. The Bertz CT molecular complexity index is 595. The van der Waals surface area contributed by atoms with Gasteiger partial charge in [0.25, 0.3) is 0 Å². The summed E-state index contributed by atoms with van der Waals surface area (Å²) in [5.74, 6) is 0.0250. The molecule has 1 heterocycles. The summed E-state index contributed by atoms with van der Waals surface area (Å²) in [7, 11) is 6.88. The zero-order valence-corrected chi connectivity index (χ0v) is 14.5. The summed E-state index contributed by atoms with van der Waals surface area (Å²) >= 11 is 0. The quantitative estimate of drug-likeness (QED) is 0.830. The third-order valence-electron chi connectivity index (χ3n) is 4.38. The van der Waals surface area contributed by atoms with Crippen LogP contribution in [0.25, 0.3) is 0 Å². The maximum absolute atomic E-state index is 12.7. The molecule has 2 atom stereocenters. The Balaban J connectivity index is 2.17. The molecule has 1 N–H and O–H groups in total. The number of aliphatic carboxylic acids is 1. The van der Waals surface area contributed by atoms with Crippen molar-refractivity contribution in [2.24, 2.45) is 0 Å². The van der Waals surface area contributed by atoms with Gasteiger partial charge in [0.1, 0.15) is 17.5 Å². The van der Waals surface area contributed by atoms with Crippen LogP contribution in [-0.2, 0) is 16.0 Å². The van der Waals surface area contributed by atoms with Crippen molar-refractivity contribution < 1.29 is 24.2 Å². The molecule has 0 aliphatic carbocycles. The van der Waals surface area contributed by atoms with Gasteiger partial charge in [0.05, 0.1) is 20.6 Å². The molecule has 1 aliphatic rings. The topological polar surface area (TPSA) is 79.3 Å². The highest BCUT2D eigenvalue weighted by Crippen LogP contribution is 2.25. The van der Waals surface area contributed by atoms with Gasteiger partial charge in [0.2, 0.25) is 5.91 Å². The number of carboxylic acid groups (broad SMARTS) is 1. The molecular formula is C17H24N2O5. The van der Waals surface area contributed by atoms with Gasteiger partial charge in [-0.1, -0.05) is 0 Å². The number of carbonyl (C=O) groups excluding carboxylic acids is 1. The number of rotatable bonds is 6. The van der Waals surface area contributed by atoms with Crippen LogP contribution in [0.3, 0.4) is 0 Å². The lowest BCUT2D eigenvalue weighted by molar-refractivity contribution is -0.148. The van der Waals surface area contributed by atoms with Gasteiger partial charge in [-0.25, -0.2) is 4.79 Å². The first-order chi connectivity index (χ1) is 11.3. The van der Waals surface area contributed by atoms with Crippen molar-refractivity contribution in [2.75, 3.05) is 34.9 Å². The maximum Gasteiger partial charge on any atom is 0.326 e. The van der Waals surface area contributed by atoms with E-state index in [1.54, 1.807) is 32.4 Å². The van der Waals surface area contributed by atoms with Crippen LogP contribution in [0, 0.1) is 0 Å². The fraction of sp³-hybridized carbons (Fsp3) is 0.529. The van der Waals surface area contributed by atoms with Gasteiger partial charge in [0.15, 0.2) is 0 Å². The fourth-order valence-corrected chi connectivity index (χ4v) is 2.94. The van der Waals surface area contributed by atoms with E-state index < -0.39 is 12.0 Å². The van der Waals surface area contributed by atoms with Crippen LogP contribution in [0.1, 0.15) is 12.0 Å². The molecule has 1 fully saturated rings. The van der Waals surface area contributed by atoms with Crippen molar-refractivity contribution >= 4 is 11.9 Å². The number of likely N-dealkylation sites (tertiary alicyclic amines) is 1. The second-order valence-electron chi connectivity index (χ2n) is 6.15. The van der Waals surface area contributed by atoms with Crippen molar-refractivity contribution in [3.63, 3.8) is 0 Å². The normalized spacial score (nSPS) is 20.3. The minimum Gasteiger partial charge on any atom is -0.497 e. The van der Waals surface area contributed by atoms with Crippen LogP contribution in [-0.4, -0.2) is 73.7 Å². The molecule has 1 saturated heterocycles. The van der Waals surface area contributed by atoms with Crippen LogP contribution in [0.15, 0.2) is 18.2 Å². The Kier molecular flexibility index (Phi) is 5.66. The van der Waals surface area contributed by atoms with Crippen molar-refractivity contribution in [3.05, 3.63) is 23.8 Å². The zero-order chi connectivity index (χ0) is 17.9. The first-order valence-electron chi connectivity index (χ1n) is 7.76. The Labute approximate surface area is 141 Å². The molecule has 0 radical (unpaired) electrons. The first-order valence-corrected chi connectivity index (χ1v) is 7.76. The summed E-state index contributed by atoms with van der Waals surface area (Å²) in [6.07, 6.45) is 0.549. The van der Waals surface area contributed by atoms with Gasteiger partial charge in [0, 0.05) is 18.7 Å². The second kappa shape index (κ2) is 7.53. The van der Waals surface area contributed by atoms with Crippen molar-refractivity contribution in [2.45, 2.75) is 24.9 Å². The van der Waals surface area contributed by atoms with Crippen molar-refractivity contribution in [1.82, 2.24) is 9.80 Å². The third kappa shape index (κ3) is 3.97. The van der Waals surface area contributed by atoms with E-state index in [2.05, 4.69) is 0 Å². The van der Waals surface area contributed by atoms with Gasteiger partial charge in [-0.15, -0.1) is 0 Å². The van der Waals surface area contributed by atoms with E-state index >= 15 is 0 Å². The summed E-state index contributed by atoms with van der Waals surface area (Å²) in [5.41, 5.74) is 0.730. The molecule has 7 nitrogen and oxygen atoms in total. The van der Waals surface area contributed by atoms with E-state index in [0.717, 1.165) is 5.56 Å². The SMILES string of the molecule is COc1cc(CC(=O)N2C[C@H](N(C)C)C[C@H]2C(=O)O)cc(OC)c1. The number of ether oxygens (including phenoxy) is 2. The van der Waals surface area contributed by atoms with Crippen LogP contribution in [0.4, 0.5) is 0 Å². The molecule has 7 heteroatoms. The smallest absolute Gasteiger partial charge is 0.326 e. The number of hydrogen-bond acceptors (Lipinski definition) is 5. The van der Waals surface area contributed by atoms with Gasteiger partial charge in [-0.2, -0.15) is 0 Å². The predicted molar refractivity (Wildman–Crippen MR) is 88.5 cm³/mol. The van der Waals surface area contributed by atoms with Crippen LogP contribution >= 0.6 is 0 Å². The zero-order valence-electron chi connectivity index (χ0n) is 14.5. The Morgan fingerprint density at radius 1 is 1.21 bits per heavy atom. The summed E-state index contributed by atoms with van der Waals surface area (Å²) in [6.45, 7) is 0.421. The summed E-state index contributed by atoms with van der Waals surface area (Å²) in [4.78, 5) is 27.6. The summed E-state index contributed by atoms with van der Waals surface area (Å²) < 4.78 is 10.4. The van der Waals surface area contributed by atoms with E-state index in [1.807, 2.05) is 19.0 Å². The summed E-state index contributed by atoms with van der Waals surface area (Å²) in [5, 5.41) is 9.41. The Hall–Kier alpha value is -2.28. The number of hydrogen-bond donors (Lipinski definition) is 1. The van der Waals surface area contributed by atoms with Gasteiger partial charge in [-0.3, -0.25) is 4.79 Å². The lowest BCUT2D eigenvalue weighted by atomic mass is 10.1. The first kappa shape index (κ1) is 18.1. The van der Waals surface area contributed by atoms with Crippen molar-refractivity contribution in [1.29, 1.82) is 0 Å². The Morgan fingerprint density at radius 3 is 2.25 bits per heavy atom. The van der Waals surface area contributed by atoms with E-state index in [-0.39, 0.29) is 18.4 Å². The molecule has 132 valence electrons. The number of likely N-dealkylation sites (N-methyl/N-ethyl adjacent to an activating group) is 1. The molecule has 24 heavy (non-hydrogen) atoms. The molecule has 2 rings (SSSR count). The molecule has 0 unspecified atom stereocenters. The number of benzene rings is 1. The number of amides is 1. The molecule has 0 aromatic heterocycles. The lowest BCUT2D eigenvalue weighted by Gasteiger charge is -2.22. The maximum atomic E-state index is 12.7. The number of carboxylic acids is 1. The largest absolute Gasteiger partial charge is 0.497 e. The van der Waals surface area contributed by atoms with E-state index in [1.165, 1.54) is 4.90 Å². The summed E-state index contributed by atoms with van der Waals surface area (Å²) in [6, 6.07) is 4.52. The van der Waals surface area contributed by atoms with Gasteiger partial charge in [-0.05, 0) is 38.2 Å². The van der Waals surface area contributed by atoms with Crippen LogP contribution < -0.4 is 9.47 Å². The molecule has 0 spiro atoms. The molecule has 1 aromatic carbocycles. The number of methoxy groups -OCH3 is 2. The van der Waals surface area contributed by atoms with Crippen molar-refractivity contribution in [3.8, 4) is 11.5 Å². The van der Waals surface area contributed by atoms with Crippen LogP contribution in [0.5, 0.6) is 11.5 Å². The minimum atomic E-state index is -0.962. The highest BCUT2D eigenvalue weighted by molar-refractivity contribution is 5.86. The van der Waals surface area contributed by atoms with Crippen LogP contribution in [0.2, 0.25) is 0 Å². The van der Waals surface area contributed by atoms with E-state index in [9.17, 15) is 14.7 Å². The fourth-order valence-electron chi connectivity index (χ4n) is 2.94. The monoisotopic (exact) mass is 336 g/mol. The average molecular weight is 336 g/mol. The third-order valence-corrected chi connectivity index (χ3v) is 4.38. The van der Waals surface area contributed by atoms with E-state index in [0.29, 0.717) is 24.5 Å². The molecule has 0 saturated carbocycles. The molecule has 0 bridgehead atoms. The average Bonchev–Trinajstić information content (AvgIpc) is 3.00. The predicted octanol–water partition coefficient (Wildman–Crippen LogP) is 0.862.